The van der Waals surface area contributed by atoms with E-state index in [2.05, 4.69) is 4.74 Å². The molecule has 1 saturated heterocycles. The number of methoxy groups -OCH3 is 1. The molecule has 1 aromatic carbocycles. The lowest BCUT2D eigenvalue weighted by Crippen LogP contribution is -2.26. The molecule has 108 valence electrons. The zero-order valence-electron chi connectivity index (χ0n) is 11.2. The molecule has 0 bridgehead atoms. The SMILES string of the molecule is COC(=O)c1ccc([N+](=O)[O-])c(N2CCCSCC2)c1. The molecule has 0 atom stereocenters. The predicted octanol–water partition coefficient (Wildman–Crippen LogP) is 2.32. The van der Waals surface area contributed by atoms with Crippen LogP contribution in [0.15, 0.2) is 18.2 Å². The molecule has 0 aliphatic carbocycles. The van der Waals surface area contributed by atoms with E-state index >= 15 is 0 Å². The molecule has 0 amide bonds. The molecule has 1 aliphatic heterocycles. The number of nitro groups is 1. The zero-order chi connectivity index (χ0) is 14.5. The van der Waals surface area contributed by atoms with Gasteiger partial charge in [-0.25, -0.2) is 4.79 Å². The van der Waals surface area contributed by atoms with Gasteiger partial charge in [-0.2, -0.15) is 11.8 Å². The molecule has 6 nitrogen and oxygen atoms in total. The van der Waals surface area contributed by atoms with E-state index < -0.39 is 10.9 Å². The van der Waals surface area contributed by atoms with Crippen molar-refractivity contribution < 1.29 is 14.5 Å². The van der Waals surface area contributed by atoms with Crippen LogP contribution in [0.25, 0.3) is 0 Å². The summed E-state index contributed by atoms with van der Waals surface area (Å²) >= 11 is 1.84. The maximum Gasteiger partial charge on any atom is 0.337 e. The summed E-state index contributed by atoms with van der Waals surface area (Å²) < 4.78 is 4.67. The van der Waals surface area contributed by atoms with Gasteiger partial charge in [-0.1, -0.05) is 0 Å². The van der Waals surface area contributed by atoms with Crippen LogP contribution in [0.4, 0.5) is 11.4 Å². The van der Waals surface area contributed by atoms with Crippen molar-refractivity contribution in [1.29, 1.82) is 0 Å². The monoisotopic (exact) mass is 296 g/mol. The van der Waals surface area contributed by atoms with Gasteiger partial charge in [-0.3, -0.25) is 10.1 Å². The van der Waals surface area contributed by atoms with Gasteiger partial charge in [0.05, 0.1) is 17.6 Å². The van der Waals surface area contributed by atoms with Crippen LogP contribution in [0, 0.1) is 10.1 Å². The zero-order valence-corrected chi connectivity index (χ0v) is 12.0. The number of nitrogens with zero attached hydrogens (tertiary/aromatic N) is 2. The minimum atomic E-state index is -0.481. The fraction of sp³-hybridized carbons (Fsp3) is 0.462. The van der Waals surface area contributed by atoms with E-state index in [4.69, 9.17) is 0 Å². The summed E-state index contributed by atoms with van der Waals surface area (Å²) in [7, 11) is 1.30. The first kappa shape index (κ1) is 14.6. The number of carbonyl (C=O) groups is 1. The summed E-state index contributed by atoms with van der Waals surface area (Å²) in [4.78, 5) is 24.3. The number of rotatable bonds is 3. The molecule has 0 saturated carbocycles. The Morgan fingerprint density at radius 2 is 2.20 bits per heavy atom. The Bertz CT molecular complexity index is 513. The first-order chi connectivity index (χ1) is 9.63. The van der Waals surface area contributed by atoms with E-state index in [1.165, 1.54) is 19.2 Å². The second-order valence-corrected chi connectivity index (χ2v) is 5.63. The molecule has 0 radical (unpaired) electrons. The molecule has 20 heavy (non-hydrogen) atoms. The first-order valence-electron chi connectivity index (χ1n) is 6.33. The normalized spacial score (nSPS) is 15.6. The van der Waals surface area contributed by atoms with E-state index in [0.717, 1.165) is 31.0 Å². The largest absolute Gasteiger partial charge is 0.465 e. The molecular weight excluding hydrogens is 280 g/mol. The Morgan fingerprint density at radius 3 is 2.90 bits per heavy atom. The van der Waals surface area contributed by atoms with Crippen LogP contribution in [0.3, 0.4) is 0 Å². The number of benzene rings is 1. The van der Waals surface area contributed by atoms with E-state index in [1.54, 1.807) is 6.07 Å². The highest BCUT2D eigenvalue weighted by atomic mass is 32.2. The van der Waals surface area contributed by atoms with Crippen molar-refractivity contribution in [2.75, 3.05) is 36.6 Å². The Kier molecular flexibility index (Phi) is 4.84. The fourth-order valence-corrected chi connectivity index (χ4v) is 3.05. The van der Waals surface area contributed by atoms with E-state index in [0.29, 0.717) is 11.3 Å². The smallest absolute Gasteiger partial charge is 0.337 e. The van der Waals surface area contributed by atoms with Gasteiger partial charge in [0.1, 0.15) is 5.69 Å². The third-order valence-electron chi connectivity index (χ3n) is 3.16. The Balaban J connectivity index is 2.40. The van der Waals surface area contributed by atoms with Crippen molar-refractivity contribution in [3.63, 3.8) is 0 Å². The van der Waals surface area contributed by atoms with Crippen molar-refractivity contribution >= 4 is 29.1 Å². The predicted molar refractivity (Wildman–Crippen MR) is 78.6 cm³/mol. The lowest BCUT2D eigenvalue weighted by Gasteiger charge is -2.22. The van der Waals surface area contributed by atoms with Crippen LogP contribution in [0.1, 0.15) is 16.8 Å². The van der Waals surface area contributed by atoms with Crippen molar-refractivity contribution in [3.05, 3.63) is 33.9 Å². The minimum absolute atomic E-state index is 0.0320. The molecule has 0 spiro atoms. The molecule has 1 heterocycles. The van der Waals surface area contributed by atoms with Crippen LogP contribution in [-0.4, -0.2) is 42.6 Å². The summed E-state index contributed by atoms with van der Waals surface area (Å²) in [6, 6.07) is 4.36. The number of hydrogen-bond donors (Lipinski definition) is 0. The number of esters is 1. The second kappa shape index (κ2) is 6.60. The molecular formula is C13H16N2O4S. The van der Waals surface area contributed by atoms with Gasteiger partial charge in [0, 0.05) is 24.9 Å². The van der Waals surface area contributed by atoms with Gasteiger partial charge < -0.3 is 9.64 Å². The van der Waals surface area contributed by atoms with Crippen LogP contribution in [0.2, 0.25) is 0 Å². The third-order valence-corrected chi connectivity index (χ3v) is 4.20. The Labute approximate surface area is 121 Å². The molecule has 0 N–H and O–H groups in total. The highest BCUT2D eigenvalue weighted by molar-refractivity contribution is 7.99. The number of carbonyl (C=O) groups excluding carboxylic acids is 1. The second-order valence-electron chi connectivity index (χ2n) is 4.41. The summed E-state index contributed by atoms with van der Waals surface area (Å²) in [5, 5.41) is 11.2. The number of hydrogen-bond acceptors (Lipinski definition) is 6. The van der Waals surface area contributed by atoms with Gasteiger partial charge in [0.2, 0.25) is 0 Å². The van der Waals surface area contributed by atoms with Crippen molar-refractivity contribution in [1.82, 2.24) is 0 Å². The molecule has 1 aliphatic rings. The first-order valence-corrected chi connectivity index (χ1v) is 7.48. The average Bonchev–Trinajstić information content (AvgIpc) is 2.74. The number of ether oxygens (including phenoxy) is 1. The average molecular weight is 296 g/mol. The van der Waals surface area contributed by atoms with Crippen molar-refractivity contribution in [2.45, 2.75) is 6.42 Å². The van der Waals surface area contributed by atoms with Gasteiger partial charge in [0.15, 0.2) is 0 Å². The standard InChI is InChI=1S/C13H16N2O4S/c1-19-13(16)10-3-4-11(15(17)18)12(9-10)14-5-2-7-20-8-6-14/h3-4,9H,2,5-8H2,1H3. The lowest BCUT2D eigenvalue weighted by atomic mass is 10.1. The molecule has 0 unspecified atom stereocenters. The van der Waals surface area contributed by atoms with Crippen molar-refractivity contribution in [3.8, 4) is 0 Å². The number of anilines is 1. The minimum Gasteiger partial charge on any atom is -0.465 e. The maximum absolute atomic E-state index is 11.6. The Hall–Kier alpha value is -1.76. The summed E-state index contributed by atoms with van der Waals surface area (Å²) in [6.07, 6.45) is 0.976. The lowest BCUT2D eigenvalue weighted by molar-refractivity contribution is -0.384. The van der Waals surface area contributed by atoms with Gasteiger partial charge in [-0.05, 0) is 24.3 Å². The molecule has 1 aromatic rings. The van der Waals surface area contributed by atoms with E-state index in [9.17, 15) is 14.9 Å². The third kappa shape index (κ3) is 3.22. The highest BCUT2D eigenvalue weighted by Crippen LogP contribution is 2.31. The maximum atomic E-state index is 11.6. The quantitative estimate of drug-likeness (QED) is 0.484. The van der Waals surface area contributed by atoms with Gasteiger partial charge in [0.25, 0.3) is 5.69 Å². The van der Waals surface area contributed by atoms with Crippen LogP contribution >= 0.6 is 11.8 Å². The molecule has 0 aromatic heterocycles. The van der Waals surface area contributed by atoms with Gasteiger partial charge >= 0.3 is 5.97 Å². The number of nitro benzene ring substituents is 1. The highest BCUT2D eigenvalue weighted by Gasteiger charge is 2.22. The fourth-order valence-electron chi connectivity index (χ4n) is 2.16. The number of thioether (sulfide) groups is 1. The molecule has 2 rings (SSSR count). The Morgan fingerprint density at radius 1 is 1.40 bits per heavy atom. The van der Waals surface area contributed by atoms with E-state index in [1.807, 2.05) is 16.7 Å². The van der Waals surface area contributed by atoms with Crippen molar-refractivity contribution in [2.24, 2.45) is 0 Å². The summed E-state index contributed by atoms with van der Waals surface area (Å²) in [5.74, 6) is 1.51. The van der Waals surface area contributed by atoms with Gasteiger partial charge in [-0.15, -0.1) is 0 Å². The molecule has 1 fully saturated rings. The topological polar surface area (TPSA) is 72.7 Å². The van der Waals surface area contributed by atoms with Crippen LogP contribution in [0.5, 0.6) is 0 Å². The van der Waals surface area contributed by atoms with Crippen LogP contribution in [-0.2, 0) is 4.74 Å². The summed E-state index contributed by atoms with van der Waals surface area (Å²) in [6.45, 7) is 1.51. The van der Waals surface area contributed by atoms with E-state index in [-0.39, 0.29) is 5.69 Å². The van der Waals surface area contributed by atoms with Crippen LogP contribution < -0.4 is 4.90 Å². The summed E-state index contributed by atoms with van der Waals surface area (Å²) in [5.41, 5.74) is 0.870. The molecule has 7 heteroatoms.